The molecule has 1 aromatic heterocycles. The summed E-state index contributed by atoms with van der Waals surface area (Å²) in [7, 11) is 3.31. The van der Waals surface area contributed by atoms with Crippen LogP contribution in [0, 0.1) is 0 Å². The van der Waals surface area contributed by atoms with Crippen molar-refractivity contribution in [1.29, 1.82) is 0 Å². The van der Waals surface area contributed by atoms with Gasteiger partial charge in [-0.05, 0) is 23.2 Å². The zero-order chi connectivity index (χ0) is 10.4. The molecule has 0 bridgehead atoms. The van der Waals surface area contributed by atoms with Gasteiger partial charge in [0.05, 0.1) is 7.11 Å². The van der Waals surface area contributed by atoms with E-state index in [0.29, 0.717) is 0 Å². The van der Waals surface area contributed by atoms with Gasteiger partial charge in [0.1, 0.15) is 7.05 Å². The molecular weight excluding hydrogens is 325 g/mol. The number of hydrogen-bond acceptors (Lipinski definition) is 3. The molecule has 15 heavy (non-hydrogen) atoms. The summed E-state index contributed by atoms with van der Waals surface area (Å²) in [4.78, 5) is 10.8. The fraction of sp³-hybridized carbons (Fsp3) is 0.200. The van der Waals surface area contributed by atoms with Gasteiger partial charge in [-0.2, -0.15) is 4.57 Å². The first kappa shape index (κ1) is 14.4. The minimum Gasteiger partial charge on any atom is -1.00 e. The van der Waals surface area contributed by atoms with Crippen molar-refractivity contribution < 1.29 is 38.1 Å². The van der Waals surface area contributed by atoms with Gasteiger partial charge in [-0.1, -0.05) is 0 Å². The maximum Gasteiger partial charge on any atom is 0.331 e. The van der Waals surface area contributed by atoms with Gasteiger partial charge in [0.25, 0.3) is 0 Å². The van der Waals surface area contributed by atoms with E-state index in [0.717, 1.165) is 5.03 Å². The van der Waals surface area contributed by atoms with Crippen LogP contribution in [0.5, 0.6) is 0 Å². The van der Waals surface area contributed by atoms with Gasteiger partial charge in [0, 0.05) is 18.2 Å². The standard InChI is InChI=1S/C10H12NO2S.HI/c1-11-7-4-3-5-9(11)14-8-6-10(12)13-2;/h3-8H,1-2H3;1H/q+1;/p-1/b8-6+;. The van der Waals surface area contributed by atoms with Crippen LogP contribution < -0.4 is 28.5 Å². The van der Waals surface area contributed by atoms with Gasteiger partial charge < -0.3 is 28.7 Å². The van der Waals surface area contributed by atoms with Crippen LogP contribution in [0.3, 0.4) is 0 Å². The fourth-order valence-electron chi connectivity index (χ4n) is 0.857. The van der Waals surface area contributed by atoms with Crippen LogP contribution in [0.4, 0.5) is 0 Å². The Bertz CT molecular complexity index is 355. The number of thioether (sulfide) groups is 1. The van der Waals surface area contributed by atoms with Crippen molar-refractivity contribution in [2.45, 2.75) is 5.03 Å². The molecule has 0 N–H and O–H groups in total. The SMILES string of the molecule is COC(=O)/C=C/Sc1cccc[n+]1C.[I-]. The van der Waals surface area contributed by atoms with Crippen molar-refractivity contribution in [3.63, 3.8) is 0 Å². The molecule has 1 rings (SSSR count). The quantitative estimate of drug-likeness (QED) is 0.216. The fourth-order valence-corrected chi connectivity index (χ4v) is 1.56. The highest BCUT2D eigenvalue weighted by molar-refractivity contribution is 8.02. The molecule has 0 saturated carbocycles. The van der Waals surface area contributed by atoms with Crippen molar-refractivity contribution >= 4 is 17.7 Å². The Labute approximate surface area is 111 Å². The summed E-state index contributed by atoms with van der Waals surface area (Å²) in [5.41, 5.74) is 0. The Hall–Kier alpha value is -0.560. The average molecular weight is 337 g/mol. The number of aromatic nitrogens is 1. The minimum atomic E-state index is -0.337. The van der Waals surface area contributed by atoms with E-state index in [1.165, 1.54) is 24.9 Å². The first-order valence-electron chi connectivity index (χ1n) is 4.10. The van der Waals surface area contributed by atoms with Crippen molar-refractivity contribution in [1.82, 2.24) is 0 Å². The summed E-state index contributed by atoms with van der Waals surface area (Å²) in [5, 5.41) is 2.77. The Morgan fingerprint density at radius 2 is 2.27 bits per heavy atom. The molecule has 0 atom stereocenters. The Balaban J connectivity index is 0.00000196. The number of rotatable bonds is 3. The van der Waals surface area contributed by atoms with E-state index in [9.17, 15) is 4.79 Å². The van der Waals surface area contributed by atoms with E-state index in [4.69, 9.17) is 0 Å². The largest absolute Gasteiger partial charge is 1.00 e. The number of halogens is 1. The number of hydrogen-bond donors (Lipinski definition) is 0. The molecule has 1 heterocycles. The van der Waals surface area contributed by atoms with Crippen LogP contribution in [-0.4, -0.2) is 13.1 Å². The predicted molar refractivity (Wildman–Crippen MR) is 54.6 cm³/mol. The minimum absolute atomic E-state index is 0. The van der Waals surface area contributed by atoms with Crippen LogP contribution in [0.25, 0.3) is 0 Å². The van der Waals surface area contributed by atoms with Crippen molar-refractivity contribution in [2.24, 2.45) is 7.05 Å². The second kappa shape index (κ2) is 7.70. The predicted octanol–water partition coefficient (Wildman–Crippen LogP) is -1.71. The van der Waals surface area contributed by atoms with Crippen LogP contribution in [0.2, 0.25) is 0 Å². The van der Waals surface area contributed by atoms with Crippen LogP contribution in [0.1, 0.15) is 0 Å². The van der Waals surface area contributed by atoms with E-state index >= 15 is 0 Å². The molecule has 0 fully saturated rings. The highest BCUT2D eigenvalue weighted by Crippen LogP contribution is 2.13. The maximum absolute atomic E-state index is 10.8. The summed E-state index contributed by atoms with van der Waals surface area (Å²) in [6, 6.07) is 5.88. The smallest absolute Gasteiger partial charge is 0.331 e. The lowest BCUT2D eigenvalue weighted by atomic mass is 10.5. The lowest BCUT2D eigenvalue weighted by molar-refractivity contribution is -0.708. The number of esters is 1. The highest BCUT2D eigenvalue weighted by Gasteiger charge is 2.02. The summed E-state index contributed by atoms with van der Waals surface area (Å²) in [6.45, 7) is 0. The lowest BCUT2D eigenvalue weighted by Crippen LogP contribution is -3.00. The van der Waals surface area contributed by atoms with E-state index in [-0.39, 0.29) is 29.9 Å². The Kier molecular flexibility index (Phi) is 7.41. The van der Waals surface area contributed by atoms with Crippen molar-refractivity contribution in [3.05, 3.63) is 35.9 Å². The Morgan fingerprint density at radius 3 is 2.87 bits per heavy atom. The number of carbonyl (C=O) groups excluding carboxylic acids is 1. The van der Waals surface area contributed by atoms with Crippen LogP contribution in [-0.2, 0) is 16.6 Å². The van der Waals surface area contributed by atoms with Gasteiger partial charge in [0.2, 0.25) is 5.03 Å². The molecule has 0 aromatic carbocycles. The number of aryl methyl sites for hydroxylation is 1. The normalized spacial score (nSPS) is 9.73. The second-order valence-corrected chi connectivity index (χ2v) is 3.52. The highest BCUT2D eigenvalue weighted by atomic mass is 127. The van der Waals surface area contributed by atoms with Gasteiger partial charge in [-0.25, -0.2) is 4.79 Å². The van der Waals surface area contributed by atoms with E-state index in [1.54, 1.807) is 5.41 Å². The maximum atomic E-state index is 10.8. The number of carbonyl (C=O) groups is 1. The number of nitrogens with zero attached hydrogens (tertiary/aromatic N) is 1. The lowest BCUT2D eigenvalue weighted by Gasteiger charge is -1.93. The van der Waals surface area contributed by atoms with Crippen LogP contribution >= 0.6 is 11.8 Å². The van der Waals surface area contributed by atoms with E-state index in [2.05, 4.69) is 4.74 Å². The van der Waals surface area contributed by atoms with E-state index < -0.39 is 0 Å². The first-order valence-corrected chi connectivity index (χ1v) is 4.98. The third-order valence-corrected chi connectivity index (χ3v) is 2.54. The molecule has 0 spiro atoms. The molecule has 5 heteroatoms. The molecular formula is C10H12INO2S. The first-order chi connectivity index (χ1) is 6.74. The number of ether oxygens (including phenoxy) is 1. The summed E-state index contributed by atoms with van der Waals surface area (Å²) in [6.07, 6.45) is 3.35. The molecule has 0 unspecified atom stereocenters. The number of pyridine rings is 1. The van der Waals surface area contributed by atoms with Crippen molar-refractivity contribution in [2.75, 3.05) is 7.11 Å². The van der Waals surface area contributed by atoms with Gasteiger partial charge in [-0.3, -0.25) is 0 Å². The molecule has 0 radical (unpaired) electrons. The third-order valence-electron chi connectivity index (χ3n) is 1.60. The zero-order valence-corrected chi connectivity index (χ0v) is 11.5. The monoisotopic (exact) mass is 337 g/mol. The van der Waals surface area contributed by atoms with Crippen molar-refractivity contribution in [3.8, 4) is 0 Å². The van der Waals surface area contributed by atoms with Gasteiger partial charge in [0.15, 0.2) is 6.20 Å². The zero-order valence-electron chi connectivity index (χ0n) is 8.51. The molecule has 82 valence electrons. The van der Waals surface area contributed by atoms with Crippen LogP contribution in [0.15, 0.2) is 40.9 Å². The Morgan fingerprint density at radius 1 is 1.53 bits per heavy atom. The number of methoxy groups -OCH3 is 1. The summed E-state index contributed by atoms with van der Waals surface area (Å²) >= 11 is 1.47. The topological polar surface area (TPSA) is 30.2 Å². The third kappa shape index (κ3) is 5.17. The molecule has 0 aliphatic carbocycles. The molecule has 1 aromatic rings. The molecule has 0 amide bonds. The second-order valence-electron chi connectivity index (χ2n) is 2.59. The van der Waals surface area contributed by atoms with E-state index in [1.807, 2.05) is 36.0 Å². The summed E-state index contributed by atoms with van der Waals surface area (Å²) in [5.74, 6) is -0.337. The molecule has 3 nitrogen and oxygen atoms in total. The molecule has 0 aliphatic rings. The van der Waals surface area contributed by atoms with Gasteiger partial charge in [-0.15, -0.1) is 0 Å². The molecule has 0 saturated heterocycles. The average Bonchev–Trinajstić information content (AvgIpc) is 2.20. The summed E-state index contributed by atoms with van der Waals surface area (Å²) < 4.78 is 6.45. The molecule has 0 aliphatic heterocycles. The van der Waals surface area contributed by atoms with Gasteiger partial charge >= 0.3 is 5.97 Å².